The first-order valence-corrected chi connectivity index (χ1v) is 8.01. The predicted molar refractivity (Wildman–Crippen MR) is 80.0 cm³/mol. The molecule has 2 aliphatic rings. The van der Waals surface area contributed by atoms with Crippen molar-refractivity contribution < 1.29 is 19.4 Å². The number of hydrogen-bond donors (Lipinski definition) is 1. The van der Waals surface area contributed by atoms with Crippen molar-refractivity contribution >= 4 is 5.91 Å². The van der Waals surface area contributed by atoms with Gasteiger partial charge >= 0.3 is 0 Å². The topological polar surface area (TPSA) is 59.0 Å². The van der Waals surface area contributed by atoms with E-state index in [2.05, 4.69) is 13.8 Å². The molecule has 1 amide bonds. The third kappa shape index (κ3) is 4.18. The number of likely N-dealkylation sites (tertiary alicyclic amines) is 1. The Morgan fingerprint density at radius 3 is 2.57 bits per heavy atom. The number of piperidine rings is 1. The third-order valence-corrected chi connectivity index (χ3v) is 4.65. The minimum Gasteiger partial charge on any atom is -0.387 e. The number of carbonyl (C=O) groups excluding carboxylic acids is 1. The van der Waals surface area contributed by atoms with E-state index >= 15 is 0 Å². The van der Waals surface area contributed by atoms with Crippen LogP contribution in [0.25, 0.3) is 0 Å². The molecule has 0 saturated carbocycles. The highest BCUT2D eigenvalue weighted by molar-refractivity contribution is 5.76. The summed E-state index contributed by atoms with van der Waals surface area (Å²) in [5, 5.41) is 10.6. The number of rotatable bonds is 4. The van der Waals surface area contributed by atoms with Gasteiger partial charge in [-0.3, -0.25) is 4.79 Å². The van der Waals surface area contributed by atoms with Crippen molar-refractivity contribution in [3.63, 3.8) is 0 Å². The van der Waals surface area contributed by atoms with Crippen LogP contribution in [-0.2, 0) is 14.3 Å². The second kappa shape index (κ2) is 6.63. The van der Waals surface area contributed by atoms with Crippen LogP contribution in [0.3, 0.4) is 0 Å². The van der Waals surface area contributed by atoms with Gasteiger partial charge in [-0.25, -0.2) is 0 Å². The molecule has 1 spiro atoms. The monoisotopic (exact) mass is 299 g/mol. The normalized spacial score (nSPS) is 29.1. The zero-order valence-electron chi connectivity index (χ0n) is 13.6. The maximum absolute atomic E-state index is 12.1. The van der Waals surface area contributed by atoms with Crippen molar-refractivity contribution in [3.05, 3.63) is 0 Å². The predicted octanol–water partition coefficient (Wildman–Crippen LogP) is 1.58. The second-order valence-electron chi connectivity index (χ2n) is 7.09. The highest BCUT2D eigenvalue weighted by Crippen LogP contribution is 2.39. The van der Waals surface area contributed by atoms with Crippen LogP contribution in [0.4, 0.5) is 0 Å². The van der Waals surface area contributed by atoms with Crippen LogP contribution < -0.4 is 0 Å². The molecule has 1 N–H and O–H groups in total. The van der Waals surface area contributed by atoms with Crippen molar-refractivity contribution in [2.45, 2.75) is 57.2 Å². The van der Waals surface area contributed by atoms with Gasteiger partial charge in [0, 0.05) is 39.5 Å². The molecule has 0 aromatic heterocycles. The Morgan fingerprint density at radius 1 is 1.33 bits per heavy atom. The minimum atomic E-state index is -0.781. The molecule has 2 fully saturated rings. The Bertz CT molecular complexity index is 359. The molecule has 2 rings (SSSR count). The first-order chi connectivity index (χ1) is 9.88. The van der Waals surface area contributed by atoms with E-state index in [4.69, 9.17) is 9.47 Å². The molecule has 1 atom stereocenters. The quantitative estimate of drug-likeness (QED) is 0.856. The average Bonchev–Trinajstić information content (AvgIpc) is 2.38. The van der Waals surface area contributed by atoms with Crippen molar-refractivity contribution in [2.75, 3.05) is 33.4 Å². The molecule has 0 radical (unpaired) electrons. The van der Waals surface area contributed by atoms with Gasteiger partial charge in [-0.2, -0.15) is 0 Å². The fourth-order valence-electron chi connectivity index (χ4n) is 3.55. The highest BCUT2D eigenvalue weighted by atomic mass is 16.5. The van der Waals surface area contributed by atoms with Crippen molar-refractivity contribution in [3.8, 4) is 0 Å². The van der Waals surface area contributed by atoms with Gasteiger partial charge in [0.2, 0.25) is 5.91 Å². The van der Waals surface area contributed by atoms with Gasteiger partial charge in [-0.1, -0.05) is 13.8 Å². The molecule has 5 heteroatoms. The third-order valence-electron chi connectivity index (χ3n) is 4.65. The summed E-state index contributed by atoms with van der Waals surface area (Å²) >= 11 is 0. The lowest BCUT2D eigenvalue weighted by Crippen LogP contribution is -2.56. The number of amides is 1. The van der Waals surface area contributed by atoms with Crippen LogP contribution in [-0.4, -0.2) is 60.5 Å². The Hall–Kier alpha value is -0.650. The van der Waals surface area contributed by atoms with E-state index in [0.29, 0.717) is 38.4 Å². The summed E-state index contributed by atoms with van der Waals surface area (Å²) in [6.07, 6.45) is 3.46. The molecular formula is C16H29NO4. The van der Waals surface area contributed by atoms with Gasteiger partial charge < -0.3 is 19.5 Å². The number of hydrogen-bond acceptors (Lipinski definition) is 4. The van der Waals surface area contributed by atoms with E-state index < -0.39 is 5.60 Å². The van der Waals surface area contributed by atoms with Crippen molar-refractivity contribution in [1.29, 1.82) is 0 Å². The maximum atomic E-state index is 12.1. The summed E-state index contributed by atoms with van der Waals surface area (Å²) in [6, 6.07) is 0. The standard InChI is InChI=1S/C16H29NO4/c1-13(2)10-14(18)17-7-4-16(5-8-17)11-15(19,12-20-3)6-9-21-16/h13,19H,4-12H2,1-3H3. The van der Waals surface area contributed by atoms with E-state index in [1.165, 1.54) is 0 Å². The Balaban J connectivity index is 1.91. The fraction of sp³-hybridized carbons (Fsp3) is 0.938. The van der Waals surface area contributed by atoms with Crippen LogP contribution in [0.5, 0.6) is 0 Å². The summed E-state index contributed by atoms with van der Waals surface area (Å²) in [5.74, 6) is 0.633. The lowest BCUT2D eigenvalue weighted by Gasteiger charge is -2.49. The van der Waals surface area contributed by atoms with Crippen LogP contribution in [0, 0.1) is 5.92 Å². The van der Waals surface area contributed by atoms with E-state index in [1.54, 1.807) is 7.11 Å². The van der Waals surface area contributed by atoms with E-state index in [0.717, 1.165) is 25.9 Å². The Kier molecular flexibility index (Phi) is 5.28. The minimum absolute atomic E-state index is 0.239. The SMILES string of the molecule is COCC1(O)CCOC2(CCN(C(=O)CC(C)C)CC2)C1. The first-order valence-electron chi connectivity index (χ1n) is 8.01. The van der Waals surface area contributed by atoms with Gasteiger partial charge in [0.15, 0.2) is 0 Å². The van der Waals surface area contributed by atoms with Crippen LogP contribution >= 0.6 is 0 Å². The largest absolute Gasteiger partial charge is 0.387 e. The molecule has 0 bridgehead atoms. The van der Waals surface area contributed by atoms with Crippen molar-refractivity contribution in [2.24, 2.45) is 5.92 Å². The second-order valence-corrected chi connectivity index (χ2v) is 7.09. The highest BCUT2D eigenvalue weighted by Gasteiger charge is 2.46. The Labute approximate surface area is 127 Å². The average molecular weight is 299 g/mol. The van der Waals surface area contributed by atoms with Crippen LogP contribution in [0.2, 0.25) is 0 Å². The smallest absolute Gasteiger partial charge is 0.222 e. The molecular weight excluding hydrogens is 270 g/mol. The summed E-state index contributed by atoms with van der Waals surface area (Å²) in [5.41, 5.74) is -1.06. The fourth-order valence-corrected chi connectivity index (χ4v) is 3.55. The van der Waals surface area contributed by atoms with Gasteiger partial charge in [0.05, 0.1) is 24.4 Å². The van der Waals surface area contributed by atoms with Gasteiger partial charge in [-0.05, 0) is 18.8 Å². The Morgan fingerprint density at radius 2 is 2.00 bits per heavy atom. The molecule has 2 heterocycles. The molecule has 21 heavy (non-hydrogen) atoms. The molecule has 0 aromatic rings. The number of methoxy groups -OCH3 is 1. The van der Waals surface area contributed by atoms with E-state index in [1.807, 2.05) is 4.90 Å². The summed E-state index contributed by atoms with van der Waals surface area (Å²) in [6.45, 7) is 6.52. The molecule has 1 unspecified atom stereocenters. The summed E-state index contributed by atoms with van der Waals surface area (Å²) in [7, 11) is 1.62. The summed E-state index contributed by atoms with van der Waals surface area (Å²) < 4.78 is 11.2. The molecule has 5 nitrogen and oxygen atoms in total. The first kappa shape index (κ1) is 16.7. The zero-order chi connectivity index (χ0) is 15.5. The maximum Gasteiger partial charge on any atom is 0.222 e. The van der Waals surface area contributed by atoms with Crippen LogP contribution in [0.15, 0.2) is 0 Å². The molecule has 2 aliphatic heterocycles. The van der Waals surface area contributed by atoms with Crippen LogP contribution in [0.1, 0.15) is 46.0 Å². The number of carbonyl (C=O) groups is 1. The molecule has 0 aliphatic carbocycles. The molecule has 2 saturated heterocycles. The zero-order valence-corrected chi connectivity index (χ0v) is 13.6. The van der Waals surface area contributed by atoms with E-state index in [9.17, 15) is 9.90 Å². The molecule has 0 aromatic carbocycles. The lowest BCUT2D eigenvalue weighted by atomic mass is 9.77. The van der Waals surface area contributed by atoms with Gasteiger partial charge in [-0.15, -0.1) is 0 Å². The number of aliphatic hydroxyl groups is 1. The van der Waals surface area contributed by atoms with Gasteiger partial charge in [0.1, 0.15) is 0 Å². The molecule has 122 valence electrons. The number of nitrogens with zero attached hydrogens (tertiary/aromatic N) is 1. The lowest BCUT2D eigenvalue weighted by molar-refractivity contribution is -0.192. The van der Waals surface area contributed by atoms with Gasteiger partial charge in [0.25, 0.3) is 0 Å². The van der Waals surface area contributed by atoms with Crippen molar-refractivity contribution in [1.82, 2.24) is 4.90 Å². The number of ether oxygens (including phenoxy) is 2. The summed E-state index contributed by atoms with van der Waals surface area (Å²) in [4.78, 5) is 14.1. The van der Waals surface area contributed by atoms with E-state index in [-0.39, 0.29) is 11.5 Å².